The van der Waals surface area contributed by atoms with Crippen LogP contribution < -0.4 is 10.1 Å². The molecule has 0 unspecified atom stereocenters. The number of aliphatic hydroxyl groups excluding tert-OH is 1. The molecule has 0 atom stereocenters. The van der Waals surface area contributed by atoms with Crippen molar-refractivity contribution in [1.29, 1.82) is 0 Å². The number of nitrogens with zero attached hydrogens (tertiary/aromatic N) is 4. The van der Waals surface area contributed by atoms with E-state index in [2.05, 4.69) is 20.4 Å². The minimum atomic E-state index is -4.27. The van der Waals surface area contributed by atoms with Gasteiger partial charge < -0.3 is 15.2 Å². The van der Waals surface area contributed by atoms with Gasteiger partial charge in [-0.3, -0.25) is 14.5 Å². The maximum Gasteiger partial charge on any atom is 0.392 e. The van der Waals surface area contributed by atoms with Crippen LogP contribution in [0.25, 0.3) is 10.9 Å². The van der Waals surface area contributed by atoms with E-state index >= 15 is 0 Å². The Balaban J connectivity index is 1.69. The van der Waals surface area contributed by atoms with Crippen molar-refractivity contribution in [2.24, 2.45) is 0 Å². The minimum Gasteiger partial charge on any atom is -0.477 e. The number of halogens is 3. The summed E-state index contributed by atoms with van der Waals surface area (Å²) in [4.78, 5) is 20.3. The first-order valence-corrected chi connectivity index (χ1v) is 9.59. The van der Waals surface area contributed by atoms with Gasteiger partial charge in [-0.1, -0.05) is 0 Å². The van der Waals surface area contributed by atoms with E-state index in [0.29, 0.717) is 23.3 Å². The largest absolute Gasteiger partial charge is 0.477 e. The molecule has 0 aliphatic heterocycles. The predicted octanol–water partition coefficient (Wildman–Crippen LogP) is 2.17. The number of hydrogen-bond donors (Lipinski definition) is 2. The number of pyridine rings is 2. The zero-order chi connectivity index (χ0) is 22.4. The molecular weight excluding hydrogens is 415 g/mol. The van der Waals surface area contributed by atoms with Crippen LogP contribution in [0.1, 0.15) is 23.2 Å². The van der Waals surface area contributed by atoms with E-state index in [4.69, 9.17) is 9.84 Å². The number of nitrogens with one attached hydrogen (secondary N) is 1. The summed E-state index contributed by atoms with van der Waals surface area (Å²) in [5.74, 6) is -0.0817. The number of aromatic nitrogens is 4. The summed E-state index contributed by atoms with van der Waals surface area (Å²) >= 11 is 0. The zero-order valence-corrected chi connectivity index (χ0v) is 16.8. The molecule has 0 aliphatic carbocycles. The second kappa shape index (κ2) is 9.73. The van der Waals surface area contributed by atoms with E-state index < -0.39 is 19.2 Å². The Morgan fingerprint density at radius 2 is 2.13 bits per heavy atom. The first-order chi connectivity index (χ1) is 14.7. The summed E-state index contributed by atoms with van der Waals surface area (Å²) in [5, 5.41) is 16.6. The summed E-state index contributed by atoms with van der Waals surface area (Å²) in [6.07, 6.45) is -0.363. The van der Waals surface area contributed by atoms with Crippen LogP contribution in [0.2, 0.25) is 0 Å². The number of carbonyl (C=O) groups is 1. The Morgan fingerprint density at radius 1 is 1.32 bits per heavy atom. The molecule has 31 heavy (non-hydrogen) atoms. The van der Waals surface area contributed by atoms with Gasteiger partial charge in [-0.15, -0.1) is 0 Å². The van der Waals surface area contributed by atoms with Crippen molar-refractivity contribution in [2.45, 2.75) is 32.5 Å². The molecule has 2 N–H and O–H groups in total. The molecule has 3 aromatic rings. The number of aliphatic hydroxyl groups is 1. The van der Waals surface area contributed by atoms with Gasteiger partial charge in [0.25, 0.3) is 0 Å². The third-order valence-electron chi connectivity index (χ3n) is 4.38. The number of ether oxygens (including phenoxy) is 1. The fourth-order valence-electron chi connectivity index (χ4n) is 2.99. The Morgan fingerprint density at radius 3 is 2.84 bits per heavy atom. The van der Waals surface area contributed by atoms with Gasteiger partial charge >= 0.3 is 6.18 Å². The number of alkyl halides is 3. The highest BCUT2D eigenvalue weighted by Gasteiger charge is 2.27. The molecule has 0 bridgehead atoms. The van der Waals surface area contributed by atoms with E-state index in [0.717, 1.165) is 10.9 Å². The average molecular weight is 437 g/mol. The Hall–Kier alpha value is -3.21. The Labute approximate surface area is 176 Å². The van der Waals surface area contributed by atoms with Crippen LogP contribution in [0, 0.1) is 6.92 Å². The van der Waals surface area contributed by atoms with E-state index in [9.17, 15) is 18.0 Å². The van der Waals surface area contributed by atoms with Crippen molar-refractivity contribution in [2.75, 3.05) is 19.8 Å². The van der Waals surface area contributed by atoms with Crippen LogP contribution in [0.15, 0.2) is 30.7 Å². The van der Waals surface area contributed by atoms with Crippen LogP contribution in [0.5, 0.6) is 5.88 Å². The SMILES string of the molecule is Cc1cc(Cn2cc3c(CC(=O)NCCO)nccc3n2)cnc1OCCC(F)(F)F. The number of fused-ring (bicyclic) bond motifs is 1. The molecule has 0 saturated heterocycles. The van der Waals surface area contributed by atoms with Crippen LogP contribution >= 0.6 is 0 Å². The maximum absolute atomic E-state index is 12.3. The van der Waals surface area contributed by atoms with Crippen molar-refractivity contribution in [1.82, 2.24) is 25.1 Å². The standard InChI is InChI=1S/C20H22F3N5O3/c1-13-8-14(10-26-19(13)31-7-3-20(21,22)23)11-28-12-15-16(27-28)2-4-24-17(15)9-18(30)25-5-6-29/h2,4,8,10,12,29H,3,5-7,9,11H2,1H3,(H,25,30). The van der Waals surface area contributed by atoms with Crippen LogP contribution in [-0.2, 0) is 17.8 Å². The second-order valence-corrected chi connectivity index (χ2v) is 6.95. The summed E-state index contributed by atoms with van der Waals surface area (Å²) in [5.41, 5.74) is 2.67. The van der Waals surface area contributed by atoms with Crippen molar-refractivity contribution in [3.8, 4) is 5.88 Å². The molecule has 0 radical (unpaired) electrons. The number of aryl methyl sites for hydroxylation is 1. The second-order valence-electron chi connectivity index (χ2n) is 6.95. The smallest absolute Gasteiger partial charge is 0.392 e. The highest BCUT2D eigenvalue weighted by molar-refractivity contribution is 5.86. The molecule has 0 saturated carbocycles. The Bertz CT molecular complexity index is 1050. The molecule has 0 aliphatic rings. The third-order valence-corrected chi connectivity index (χ3v) is 4.38. The summed E-state index contributed by atoms with van der Waals surface area (Å²) < 4.78 is 43.6. The molecule has 0 aromatic carbocycles. The highest BCUT2D eigenvalue weighted by atomic mass is 19.4. The van der Waals surface area contributed by atoms with E-state index in [1.807, 2.05) is 0 Å². The predicted molar refractivity (Wildman–Crippen MR) is 106 cm³/mol. The first kappa shape index (κ1) is 22.5. The van der Waals surface area contributed by atoms with Crippen molar-refractivity contribution >= 4 is 16.8 Å². The quantitative estimate of drug-likeness (QED) is 0.532. The lowest BCUT2D eigenvalue weighted by atomic mass is 10.2. The maximum atomic E-state index is 12.3. The molecule has 0 spiro atoms. The van der Waals surface area contributed by atoms with Gasteiger partial charge in [0.1, 0.15) is 0 Å². The van der Waals surface area contributed by atoms with Gasteiger partial charge in [0.2, 0.25) is 11.8 Å². The lowest BCUT2D eigenvalue weighted by Crippen LogP contribution is -2.28. The number of amides is 1. The molecule has 3 heterocycles. The van der Waals surface area contributed by atoms with Crippen LogP contribution in [0.4, 0.5) is 13.2 Å². The van der Waals surface area contributed by atoms with Gasteiger partial charge in [-0.05, 0) is 24.6 Å². The number of rotatable bonds is 9. The van der Waals surface area contributed by atoms with E-state index in [1.54, 1.807) is 36.1 Å². The van der Waals surface area contributed by atoms with Crippen molar-refractivity contribution in [3.63, 3.8) is 0 Å². The molecular formula is C20H22F3N5O3. The normalized spacial score (nSPS) is 11.6. The Kier molecular flexibility index (Phi) is 7.06. The molecule has 3 rings (SSSR count). The molecule has 3 aromatic heterocycles. The van der Waals surface area contributed by atoms with Gasteiger partial charge in [-0.25, -0.2) is 4.98 Å². The van der Waals surface area contributed by atoms with Gasteiger partial charge in [0.05, 0.1) is 43.8 Å². The van der Waals surface area contributed by atoms with Crippen LogP contribution in [-0.4, -0.2) is 56.7 Å². The molecule has 8 nitrogen and oxygen atoms in total. The van der Waals surface area contributed by atoms with E-state index in [1.165, 1.54) is 6.20 Å². The number of hydrogen-bond acceptors (Lipinski definition) is 6. The van der Waals surface area contributed by atoms with Gasteiger partial charge in [0, 0.05) is 36.1 Å². The highest BCUT2D eigenvalue weighted by Crippen LogP contribution is 2.22. The third kappa shape index (κ3) is 6.38. The molecule has 166 valence electrons. The molecule has 0 fully saturated rings. The first-order valence-electron chi connectivity index (χ1n) is 9.59. The summed E-state index contributed by atoms with van der Waals surface area (Å²) in [7, 11) is 0. The van der Waals surface area contributed by atoms with Crippen molar-refractivity contribution in [3.05, 3.63) is 47.5 Å². The lowest BCUT2D eigenvalue weighted by molar-refractivity contribution is -0.139. The van der Waals surface area contributed by atoms with Gasteiger partial charge in [0.15, 0.2) is 0 Å². The molecule has 1 amide bonds. The average Bonchev–Trinajstić information content (AvgIpc) is 3.10. The van der Waals surface area contributed by atoms with Gasteiger partial charge in [-0.2, -0.15) is 18.3 Å². The fraction of sp³-hybridized carbons (Fsp3) is 0.400. The van der Waals surface area contributed by atoms with Crippen LogP contribution in [0.3, 0.4) is 0 Å². The topological polar surface area (TPSA) is 102 Å². The van der Waals surface area contributed by atoms with Crippen molar-refractivity contribution < 1.29 is 27.8 Å². The fourth-order valence-corrected chi connectivity index (χ4v) is 2.99. The lowest BCUT2D eigenvalue weighted by Gasteiger charge is -2.11. The zero-order valence-electron chi connectivity index (χ0n) is 16.8. The van der Waals surface area contributed by atoms with E-state index in [-0.39, 0.29) is 31.4 Å². The molecule has 11 heteroatoms. The monoisotopic (exact) mass is 437 g/mol. The summed E-state index contributed by atoms with van der Waals surface area (Å²) in [6, 6.07) is 3.52. The summed E-state index contributed by atoms with van der Waals surface area (Å²) in [6.45, 7) is 1.65. The number of carbonyl (C=O) groups excluding carboxylic acids is 1. The minimum absolute atomic E-state index is 0.0632.